The summed E-state index contributed by atoms with van der Waals surface area (Å²) >= 11 is 1.67. The minimum absolute atomic E-state index is 1.04. The highest BCUT2D eigenvalue weighted by Crippen LogP contribution is 2.32. The molecule has 0 N–H and O–H groups in total. The van der Waals surface area contributed by atoms with E-state index in [1.54, 1.807) is 11.3 Å². The number of benzene rings is 3. The standard InChI is InChI=1S/C26H18S/c1-4-11-21(12-5-1)25(19-18-24-17-10-20-27-24)26(22-13-6-2-7-14-22)23-15-8-3-9-16-23/h1-17,20H. The Labute approximate surface area is 164 Å². The highest BCUT2D eigenvalue weighted by molar-refractivity contribution is 7.10. The van der Waals surface area contributed by atoms with E-state index in [0.29, 0.717) is 0 Å². The van der Waals surface area contributed by atoms with E-state index >= 15 is 0 Å². The van der Waals surface area contributed by atoms with Gasteiger partial charge in [0.2, 0.25) is 0 Å². The lowest BCUT2D eigenvalue weighted by Crippen LogP contribution is -1.94. The van der Waals surface area contributed by atoms with Crippen LogP contribution in [0.5, 0.6) is 0 Å². The first-order chi connectivity index (χ1) is 13.4. The van der Waals surface area contributed by atoms with E-state index in [0.717, 1.165) is 21.6 Å². The quantitative estimate of drug-likeness (QED) is 0.279. The van der Waals surface area contributed by atoms with Crippen LogP contribution >= 0.6 is 11.3 Å². The molecule has 0 bridgehead atoms. The first-order valence-electron chi connectivity index (χ1n) is 8.88. The van der Waals surface area contributed by atoms with Gasteiger partial charge in [-0.1, -0.05) is 109 Å². The van der Waals surface area contributed by atoms with Crippen LogP contribution in [0.1, 0.15) is 21.6 Å². The Balaban J connectivity index is 2.00. The zero-order chi connectivity index (χ0) is 18.3. The Morgan fingerprint density at radius 2 is 1.07 bits per heavy atom. The molecule has 0 aliphatic rings. The zero-order valence-corrected chi connectivity index (χ0v) is 15.6. The second kappa shape index (κ2) is 8.36. The molecule has 1 aromatic heterocycles. The van der Waals surface area contributed by atoms with E-state index < -0.39 is 0 Å². The van der Waals surface area contributed by atoms with Crippen LogP contribution in [-0.2, 0) is 0 Å². The van der Waals surface area contributed by atoms with E-state index in [1.807, 2.05) is 24.3 Å². The van der Waals surface area contributed by atoms with Gasteiger partial charge >= 0.3 is 0 Å². The van der Waals surface area contributed by atoms with Gasteiger partial charge in [-0.2, -0.15) is 0 Å². The number of allylic oxidation sites excluding steroid dienone is 1. The van der Waals surface area contributed by atoms with Crippen molar-refractivity contribution in [1.29, 1.82) is 0 Å². The Morgan fingerprint density at radius 3 is 1.56 bits per heavy atom. The molecular weight excluding hydrogens is 344 g/mol. The maximum atomic E-state index is 3.48. The molecule has 128 valence electrons. The Morgan fingerprint density at radius 1 is 0.556 bits per heavy atom. The average molecular weight is 362 g/mol. The van der Waals surface area contributed by atoms with Gasteiger partial charge in [-0.15, -0.1) is 11.3 Å². The van der Waals surface area contributed by atoms with Crippen LogP contribution in [0.25, 0.3) is 11.1 Å². The van der Waals surface area contributed by atoms with Gasteiger partial charge in [-0.3, -0.25) is 0 Å². The van der Waals surface area contributed by atoms with Gasteiger partial charge in [-0.05, 0) is 28.1 Å². The zero-order valence-electron chi connectivity index (χ0n) is 14.8. The molecule has 0 saturated heterocycles. The third-order valence-corrected chi connectivity index (χ3v) is 5.05. The number of hydrogen-bond donors (Lipinski definition) is 0. The number of thiophene rings is 1. The largest absolute Gasteiger partial charge is 0.135 e. The second-order valence-corrected chi connectivity index (χ2v) is 7.02. The molecule has 0 radical (unpaired) electrons. The molecule has 0 aliphatic heterocycles. The SMILES string of the molecule is C(#Cc1cccs1)C(=C(c1ccccc1)c1ccccc1)c1ccccc1. The van der Waals surface area contributed by atoms with Crippen LogP contribution in [0.15, 0.2) is 109 Å². The minimum Gasteiger partial charge on any atom is -0.135 e. The molecule has 27 heavy (non-hydrogen) atoms. The number of rotatable bonds is 3. The van der Waals surface area contributed by atoms with Gasteiger partial charge in [-0.25, -0.2) is 0 Å². The summed E-state index contributed by atoms with van der Waals surface area (Å²) in [6.45, 7) is 0. The van der Waals surface area contributed by atoms with E-state index in [1.165, 1.54) is 11.1 Å². The number of hydrogen-bond acceptors (Lipinski definition) is 1. The summed E-state index contributed by atoms with van der Waals surface area (Å²) < 4.78 is 0. The molecule has 4 aromatic rings. The van der Waals surface area contributed by atoms with Crippen molar-refractivity contribution in [2.24, 2.45) is 0 Å². The fourth-order valence-corrected chi connectivity index (χ4v) is 3.59. The van der Waals surface area contributed by atoms with E-state index in [2.05, 4.69) is 96.1 Å². The molecule has 0 nitrogen and oxygen atoms in total. The monoisotopic (exact) mass is 362 g/mol. The van der Waals surface area contributed by atoms with Crippen molar-refractivity contribution < 1.29 is 0 Å². The summed E-state index contributed by atoms with van der Waals surface area (Å²) in [5, 5.41) is 2.06. The lowest BCUT2D eigenvalue weighted by atomic mass is 9.90. The van der Waals surface area contributed by atoms with Crippen molar-refractivity contribution in [2.45, 2.75) is 0 Å². The molecular formula is C26H18S. The van der Waals surface area contributed by atoms with Crippen molar-refractivity contribution in [1.82, 2.24) is 0 Å². The third kappa shape index (κ3) is 4.08. The van der Waals surface area contributed by atoms with E-state index in [-0.39, 0.29) is 0 Å². The highest BCUT2D eigenvalue weighted by atomic mass is 32.1. The molecule has 0 saturated carbocycles. The van der Waals surface area contributed by atoms with Crippen molar-refractivity contribution in [3.63, 3.8) is 0 Å². The van der Waals surface area contributed by atoms with Gasteiger partial charge in [0.05, 0.1) is 4.88 Å². The van der Waals surface area contributed by atoms with Gasteiger partial charge in [0.1, 0.15) is 0 Å². The van der Waals surface area contributed by atoms with Crippen LogP contribution in [0.4, 0.5) is 0 Å². The fourth-order valence-electron chi connectivity index (χ4n) is 3.02. The van der Waals surface area contributed by atoms with Gasteiger partial charge in [0.25, 0.3) is 0 Å². The Hall–Kier alpha value is -3.34. The van der Waals surface area contributed by atoms with Gasteiger partial charge in [0.15, 0.2) is 0 Å². The fraction of sp³-hybridized carbons (Fsp3) is 0. The van der Waals surface area contributed by atoms with Crippen LogP contribution in [0, 0.1) is 11.8 Å². The summed E-state index contributed by atoms with van der Waals surface area (Å²) in [6.07, 6.45) is 0. The third-order valence-electron chi connectivity index (χ3n) is 4.27. The molecule has 0 atom stereocenters. The molecule has 4 rings (SSSR count). The molecule has 3 aromatic carbocycles. The Kier molecular flexibility index (Phi) is 5.29. The summed E-state index contributed by atoms with van der Waals surface area (Å²) in [5.74, 6) is 6.83. The topological polar surface area (TPSA) is 0 Å². The lowest BCUT2D eigenvalue weighted by molar-refractivity contribution is 1.54. The van der Waals surface area contributed by atoms with Crippen LogP contribution in [-0.4, -0.2) is 0 Å². The van der Waals surface area contributed by atoms with Crippen molar-refractivity contribution >= 4 is 22.5 Å². The predicted molar refractivity (Wildman–Crippen MR) is 116 cm³/mol. The van der Waals surface area contributed by atoms with Gasteiger partial charge < -0.3 is 0 Å². The molecule has 0 unspecified atom stereocenters. The predicted octanol–water partition coefficient (Wildman–Crippen LogP) is 6.76. The molecule has 0 fully saturated rings. The molecule has 1 heteroatoms. The molecule has 1 heterocycles. The lowest BCUT2D eigenvalue weighted by Gasteiger charge is -2.13. The highest BCUT2D eigenvalue weighted by Gasteiger charge is 2.12. The van der Waals surface area contributed by atoms with E-state index in [9.17, 15) is 0 Å². The molecule has 0 amide bonds. The normalized spacial score (nSPS) is 9.93. The molecule has 0 spiro atoms. The maximum absolute atomic E-state index is 3.48. The Bertz CT molecular complexity index is 1040. The van der Waals surface area contributed by atoms with Crippen molar-refractivity contribution in [3.8, 4) is 11.8 Å². The molecule has 0 aliphatic carbocycles. The smallest absolute Gasteiger partial charge is 0.0772 e. The van der Waals surface area contributed by atoms with Crippen molar-refractivity contribution in [2.75, 3.05) is 0 Å². The first-order valence-corrected chi connectivity index (χ1v) is 9.76. The van der Waals surface area contributed by atoms with Crippen molar-refractivity contribution in [3.05, 3.63) is 130 Å². The average Bonchev–Trinajstić information content (AvgIpc) is 3.27. The minimum atomic E-state index is 1.04. The first kappa shape index (κ1) is 17.1. The van der Waals surface area contributed by atoms with E-state index in [4.69, 9.17) is 0 Å². The maximum Gasteiger partial charge on any atom is 0.0772 e. The van der Waals surface area contributed by atoms with Crippen LogP contribution < -0.4 is 0 Å². The van der Waals surface area contributed by atoms with Crippen LogP contribution in [0.3, 0.4) is 0 Å². The summed E-state index contributed by atoms with van der Waals surface area (Å²) in [4.78, 5) is 1.07. The van der Waals surface area contributed by atoms with Gasteiger partial charge in [0, 0.05) is 11.1 Å². The summed E-state index contributed by atoms with van der Waals surface area (Å²) in [5.41, 5.74) is 5.67. The summed E-state index contributed by atoms with van der Waals surface area (Å²) in [6, 6.07) is 35.5. The van der Waals surface area contributed by atoms with Crippen LogP contribution in [0.2, 0.25) is 0 Å². The second-order valence-electron chi connectivity index (χ2n) is 6.08. The summed E-state index contributed by atoms with van der Waals surface area (Å²) in [7, 11) is 0.